The number of sulfonamides is 1. The first kappa shape index (κ1) is 21.5. The predicted octanol–water partition coefficient (Wildman–Crippen LogP) is 2.48. The van der Waals surface area contributed by atoms with Crippen molar-refractivity contribution in [1.82, 2.24) is 9.97 Å². The van der Waals surface area contributed by atoms with Gasteiger partial charge in [0.25, 0.3) is 15.6 Å². The molecule has 4 aromatic rings. The van der Waals surface area contributed by atoms with Crippen molar-refractivity contribution in [2.75, 3.05) is 11.4 Å². The van der Waals surface area contributed by atoms with Crippen molar-refractivity contribution in [1.29, 1.82) is 0 Å². The number of anilines is 1. The average molecular weight is 459 g/mol. The van der Waals surface area contributed by atoms with E-state index in [9.17, 15) is 27.5 Å². The molecular formula is C21H18FN3O6S. The van der Waals surface area contributed by atoms with Crippen LogP contribution in [-0.4, -0.2) is 41.6 Å². The van der Waals surface area contributed by atoms with Gasteiger partial charge in [-0.15, -0.1) is 0 Å². The standard InChI is InChI=1S/C21H18FN3O6S/c1-25(12-4-2-11(22)3-5-12)32(30,31)13-6-7-16-14(8-13)19-15(17(26)9-18(27)28)10-23-20(19)21(29)24-16/h2-8,10,17,23,26H,9H2,1H3,(H,24,29)(H,27,28). The van der Waals surface area contributed by atoms with Crippen LogP contribution in [0.4, 0.5) is 10.1 Å². The molecule has 1 unspecified atom stereocenters. The Bertz CT molecular complexity index is 1510. The minimum atomic E-state index is -4.06. The maximum atomic E-state index is 13.2. The molecule has 2 aromatic heterocycles. The zero-order valence-corrected chi connectivity index (χ0v) is 17.5. The molecule has 0 aliphatic carbocycles. The van der Waals surface area contributed by atoms with Crippen LogP contribution in [0.15, 0.2) is 58.4 Å². The van der Waals surface area contributed by atoms with Gasteiger partial charge in [-0.05, 0) is 42.5 Å². The second kappa shape index (κ2) is 7.77. The molecule has 0 fully saturated rings. The SMILES string of the molecule is CN(c1ccc(F)cc1)S(=O)(=O)c1ccc2[nH]c(=O)c3[nH]cc(C(O)CC(=O)O)c3c2c1. The lowest BCUT2D eigenvalue weighted by Crippen LogP contribution is -2.26. The molecule has 4 N–H and O–H groups in total. The Hall–Kier alpha value is -3.70. The molecule has 0 saturated heterocycles. The maximum absolute atomic E-state index is 13.2. The van der Waals surface area contributed by atoms with Crippen LogP contribution in [0.25, 0.3) is 21.8 Å². The van der Waals surface area contributed by atoms with Gasteiger partial charge in [-0.25, -0.2) is 12.8 Å². The van der Waals surface area contributed by atoms with Crippen LogP contribution in [0, 0.1) is 5.82 Å². The van der Waals surface area contributed by atoms with Crippen LogP contribution in [0.1, 0.15) is 18.1 Å². The van der Waals surface area contributed by atoms with Gasteiger partial charge >= 0.3 is 5.97 Å². The third kappa shape index (κ3) is 3.61. The quantitative estimate of drug-likeness (QED) is 0.349. The lowest BCUT2D eigenvalue weighted by molar-refractivity contribution is -0.139. The number of carbonyl (C=O) groups is 1. The van der Waals surface area contributed by atoms with Gasteiger partial charge in [-0.3, -0.25) is 13.9 Å². The third-order valence-electron chi connectivity index (χ3n) is 5.22. The first-order chi connectivity index (χ1) is 15.1. The zero-order chi connectivity index (χ0) is 23.2. The summed E-state index contributed by atoms with van der Waals surface area (Å²) in [6.45, 7) is 0. The predicted molar refractivity (Wildman–Crippen MR) is 116 cm³/mol. The fourth-order valence-electron chi connectivity index (χ4n) is 3.58. The zero-order valence-electron chi connectivity index (χ0n) is 16.7. The number of hydrogen-bond acceptors (Lipinski definition) is 5. The van der Waals surface area contributed by atoms with Crippen LogP contribution < -0.4 is 9.86 Å². The number of carboxylic acid groups (broad SMARTS) is 1. The van der Waals surface area contributed by atoms with Crippen molar-refractivity contribution in [3.8, 4) is 0 Å². The highest BCUT2D eigenvalue weighted by Gasteiger charge is 2.24. The fraction of sp³-hybridized carbons (Fsp3) is 0.143. The molecule has 0 aliphatic heterocycles. The average Bonchev–Trinajstić information content (AvgIpc) is 3.19. The summed E-state index contributed by atoms with van der Waals surface area (Å²) in [7, 11) is -2.73. The van der Waals surface area contributed by atoms with E-state index < -0.39 is 39.9 Å². The molecule has 0 spiro atoms. The van der Waals surface area contributed by atoms with E-state index in [1.807, 2.05) is 0 Å². The minimum absolute atomic E-state index is 0.0818. The number of fused-ring (bicyclic) bond motifs is 3. The number of aromatic nitrogens is 2. The van der Waals surface area contributed by atoms with Gasteiger partial charge in [0.1, 0.15) is 11.3 Å². The molecule has 0 saturated carbocycles. The highest BCUT2D eigenvalue weighted by Crippen LogP contribution is 2.32. The summed E-state index contributed by atoms with van der Waals surface area (Å²) in [6, 6.07) is 9.03. The number of aromatic amines is 2. The number of rotatable bonds is 6. The van der Waals surface area contributed by atoms with Gasteiger partial charge in [0.15, 0.2) is 0 Å². The topological polar surface area (TPSA) is 144 Å². The highest BCUT2D eigenvalue weighted by molar-refractivity contribution is 7.92. The molecule has 2 heterocycles. The number of aliphatic carboxylic acids is 1. The number of halogens is 1. The molecule has 0 amide bonds. The number of H-pyrrole nitrogens is 2. The van der Waals surface area contributed by atoms with Crippen molar-refractivity contribution in [2.45, 2.75) is 17.4 Å². The number of nitrogens with zero attached hydrogens (tertiary/aromatic N) is 1. The molecule has 0 bridgehead atoms. The van der Waals surface area contributed by atoms with Crippen LogP contribution >= 0.6 is 0 Å². The Balaban J connectivity index is 1.91. The molecular weight excluding hydrogens is 441 g/mol. The molecule has 1 atom stereocenters. The van der Waals surface area contributed by atoms with E-state index in [0.29, 0.717) is 10.9 Å². The number of nitrogens with one attached hydrogen (secondary N) is 2. The van der Waals surface area contributed by atoms with Crippen molar-refractivity contribution < 1.29 is 27.8 Å². The van der Waals surface area contributed by atoms with E-state index >= 15 is 0 Å². The largest absolute Gasteiger partial charge is 0.481 e. The van der Waals surface area contributed by atoms with Gasteiger partial charge in [0.2, 0.25) is 0 Å². The number of aliphatic hydroxyl groups is 1. The lowest BCUT2D eigenvalue weighted by atomic mass is 10.0. The summed E-state index contributed by atoms with van der Waals surface area (Å²) in [5.41, 5.74) is 0.310. The van der Waals surface area contributed by atoms with E-state index in [-0.39, 0.29) is 27.0 Å². The van der Waals surface area contributed by atoms with E-state index in [0.717, 1.165) is 16.4 Å². The number of carboxylic acids is 1. The Kier molecular flexibility index (Phi) is 5.23. The maximum Gasteiger partial charge on any atom is 0.306 e. The smallest absolute Gasteiger partial charge is 0.306 e. The molecule has 166 valence electrons. The Morgan fingerprint density at radius 3 is 2.53 bits per heavy atom. The van der Waals surface area contributed by atoms with E-state index in [4.69, 9.17) is 5.11 Å². The normalized spacial score (nSPS) is 12.8. The summed E-state index contributed by atoms with van der Waals surface area (Å²) >= 11 is 0. The van der Waals surface area contributed by atoms with E-state index in [2.05, 4.69) is 9.97 Å². The number of hydrogen-bond donors (Lipinski definition) is 4. The van der Waals surface area contributed by atoms with Crippen LogP contribution in [-0.2, 0) is 14.8 Å². The van der Waals surface area contributed by atoms with E-state index in [1.165, 1.54) is 43.6 Å². The fourth-order valence-corrected chi connectivity index (χ4v) is 4.80. The van der Waals surface area contributed by atoms with E-state index in [1.54, 1.807) is 0 Å². The Morgan fingerprint density at radius 2 is 1.88 bits per heavy atom. The summed E-state index contributed by atoms with van der Waals surface area (Å²) in [5.74, 6) is -1.73. The molecule has 4 rings (SSSR count). The monoisotopic (exact) mass is 459 g/mol. The highest BCUT2D eigenvalue weighted by atomic mass is 32.2. The first-order valence-electron chi connectivity index (χ1n) is 9.41. The summed E-state index contributed by atoms with van der Waals surface area (Å²) in [4.78, 5) is 28.7. The van der Waals surface area contributed by atoms with Gasteiger partial charge < -0.3 is 20.2 Å². The molecule has 11 heteroatoms. The van der Waals surface area contributed by atoms with Gasteiger partial charge in [0, 0.05) is 35.1 Å². The second-order valence-corrected chi connectivity index (χ2v) is 9.19. The van der Waals surface area contributed by atoms with Crippen LogP contribution in [0.3, 0.4) is 0 Å². The summed E-state index contributed by atoms with van der Waals surface area (Å²) in [5, 5.41) is 19.9. The van der Waals surface area contributed by atoms with Crippen molar-refractivity contribution in [3.05, 3.63) is 70.4 Å². The number of benzene rings is 2. The molecule has 32 heavy (non-hydrogen) atoms. The van der Waals surface area contributed by atoms with Crippen molar-refractivity contribution in [3.63, 3.8) is 0 Å². The van der Waals surface area contributed by atoms with Gasteiger partial charge in [-0.1, -0.05) is 0 Å². The minimum Gasteiger partial charge on any atom is -0.481 e. The van der Waals surface area contributed by atoms with Gasteiger partial charge in [0.05, 0.1) is 23.1 Å². The van der Waals surface area contributed by atoms with Crippen molar-refractivity contribution >= 4 is 43.5 Å². The molecule has 2 aromatic carbocycles. The lowest BCUT2D eigenvalue weighted by Gasteiger charge is -2.20. The molecule has 0 radical (unpaired) electrons. The molecule has 0 aliphatic rings. The molecule has 9 nitrogen and oxygen atoms in total. The van der Waals surface area contributed by atoms with Crippen molar-refractivity contribution in [2.24, 2.45) is 0 Å². The van der Waals surface area contributed by atoms with Crippen LogP contribution in [0.5, 0.6) is 0 Å². The van der Waals surface area contributed by atoms with Gasteiger partial charge in [-0.2, -0.15) is 0 Å². The van der Waals surface area contributed by atoms with Crippen LogP contribution in [0.2, 0.25) is 0 Å². The first-order valence-corrected chi connectivity index (χ1v) is 10.8. The summed E-state index contributed by atoms with van der Waals surface area (Å²) < 4.78 is 40.6. The number of pyridine rings is 1. The Morgan fingerprint density at radius 1 is 1.19 bits per heavy atom. The summed E-state index contributed by atoms with van der Waals surface area (Å²) in [6.07, 6.45) is -0.668. The second-order valence-electron chi connectivity index (χ2n) is 7.22. The number of aliphatic hydroxyl groups excluding tert-OH is 1. The third-order valence-corrected chi connectivity index (χ3v) is 7.00. The Labute approximate surface area is 180 Å².